The predicted molar refractivity (Wildman–Crippen MR) is 186 cm³/mol. The molecule has 1 aliphatic heterocycles. The minimum Gasteiger partial charge on any atom is -0.481 e. The van der Waals surface area contributed by atoms with E-state index in [0.717, 1.165) is 67.1 Å². The lowest BCUT2D eigenvalue weighted by atomic mass is 9.90. The van der Waals surface area contributed by atoms with Crippen LogP contribution in [-0.2, 0) is 9.59 Å². The van der Waals surface area contributed by atoms with Crippen LogP contribution in [0.2, 0.25) is 5.02 Å². The molecular formula is C36H47ClFN5O4. The molecule has 2 amide bonds. The molecule has 0 radical (unpaired) electrons. The topological polar surface area (TPSA) is 115 Å². The number of hydrogen-bond acceptors (Lipinski definition) is 6. The number of carbonyl (C=O) groups is 3. The normalized spacial score (nSPS) is 14.1. The Balaban J connectivity index is 0.000000257. The van der Waals surface area contributed by atoms with Crippen molar-refractivity contribution in [2.45, 2.75) is 59.9 Å². The van der Waals surface area contributed by atoms with Crippen LogP contribution < -0.4 is 15.5 Å². The van der Waals surface area contributed by atoms with E-state index in [1.807, 2.05) is 38.1 Å². The van der Waals surface area contributed by atoms with Gasteiger partial charge in [0.2, 0.25) is 6.41 Å². The average molecular weight is 668 g/mol. The van der Waals surface area contributed by atoms with Gasteiger partial charge in [-0.05, 0) is 117 Å². The van der Waals surface area contributed by atoms with Crippen molar-refractivity contribution in [1.82, 2.24) is 20.5 Å². The average Bonchev–Trinajstić information content (AvgIpc) is 3.22. The first kappa shape index (κ1) is 37.4. The molecule has 0 aliphatic carbocycles. The molecular weight excluding hydrogens is 621 g/mol. The van der Waals surface area contributed by atoms with E-state index >= 15 is 0 Å². The predicted octanol–water partition coefficient (Wildman–Crippen LogP) is 6.33. The van der Waals surface area contributed by atoms with Crippen molar-refractivity contribution >= 4 is 35.7 Å². The molecule has 11 heteroatoms. The number of halogens is 2. The van der Waals surface area contributed by atoms with E-state index in [9.17, 15) is 18.8 Å². The second kappa shape index (κ2) is 17.8. The van der Waals surface area contributed by atoms with E-state index in [1.165, 1.54) is 0 Å². The van der Waals surface area contributed by atoms with Gasteiger partial charge in [-0.1, -0.05) is 31.5 Å². The Morgan fingerprint density at radius 3 is 2.38 bits per heavy atom. The summed E-state index contributed by atoms with van der Waals surface area (Å²) < 4.78 is 14.6. The first-order chi connectivity index (χ1) is 22.3. The lowest BCUT2D eigenvalue weighted by Crippen LogP contribution is -2.30. The molecule has 254 valence electrons. The van der Waals surface area contributed by atoms with E-state index in [2.05, 4.69) is 46.3 Å². The van der Waals surface area contributed by atoms with Crippen LogP contribution in [0.1, 0.15) is 71.9 Å². The zero-order valence-corrected chi connectivity index (χ0v) is 29.0. The summed E-state index contributed by atoms with van der Waals surface area (Å²) in [7, 11) is 2.15. The third-order valence-corrected chi connectivity index (χ3v) is 8.33. The number of amides is 2. The number of nitrogens with zero attached hydrogens (tertiary/aromatic N) is 3. The number of likely N-dealkylation sites (N-methyl/N-ethyl adjacent to an activating group) is 1. The van der Waals surface area contributed by atoms with Crippen molar-refractivity contribution in [1.29, 1.82) is 0 Å². The first-order valence-corrected chi connectivity index (χ1v) is 16.4. The summed E-state index contributed by atoms with van der Waals surface area (Å²) >= 11 is 6.07. The molecule has 9 nitrogen and oxygen atoms in total. The Morgan fingerprint density at radius 2 is 1.74 bits per heavy atom. The van der Waals surface area contributed by atoms with Crippen molar-refractivity contribution in [2.75, 3.05) is 44.7 Å². The Kier molecular flexibility index (Phi) is 14.2. The Bertz CT molecular complexity index is 1530. The summed E-state index contributed by atoms with van der Waals surface area (Å²) in [5.41, 5.74) is 4.57. The second-order valence-corrected chi connectivity index (χ2v) is 12.9. The number of carboxylic acid groups (broad SMARTS) is 1. The molecule has 4 rings (SSSR count). The fraction of sp³-hybridized carbons (Fsp3) is 0.444. The van der Waals surface area contributed by atoms with Gasteiger partial charge in [0.05, 0.1) is 12.5 Å². The van der Waals surface area contributed by atoms with Crippen molar-refractivity contribution in [3.63, 3.8) is 0 Å². The van der Waals surface area contributed by atoms with Gasteiger partial charge in [-0.2, -0.15) is 0 Å². The number of hydrogen-bond donors (Lipinski definition) is 3. The van der Waals surface area contributed by atoms with Gasteiger partial charge in [-0.25, -0.2) is 9.37 Å². The van der Waals surface area contributed by atoms with Gasteiger partial charge in [0.15, 0.2) is 0 Å². The number of rotatable bonds is 11. The van der Waals surface area contributed by atoms with Crippen molar-refractivity contribution in [3.05, 3.63) is 81.3 Å². The number of benzene rings is 2. The largest absolute Gasteiger partial charge is 0.481 e. The molecule has 0 spiro atoms. The molecule has 2 aromatic carbocycles. The van der Waals surface area contributed by atoms with Gasteiger partial charge >= 0.3 is 5.97 Å². The van der Waals surface area contributed by atoms with Gasteiger partial charge < -0.3 is 25.5 Å². The number of pyridine rings is 1. The van der Waals surface area contributed by atoms with Crippen LogP contribution in [0, 0.1) is 32.5 Å². The van der Waals surface area contributed by atoms with Crippen LogP contribution >= 0.6 is 11.6 Å². The highest BCUT2D eigenvalue weighted by molar-refractivity contribution is 6.30. The van der Waals surface area contributed by atoms with Crippen LogP contribution in [0.15, 0.2) is 42.5 Å². The number of aliphatic carboxylic acids is 1. The Hall–Kier alpha value is -4.02. The van der Waals surface area contributed by atoms with Gasteiger partial charge in [0, 0.05) is 36.8 Å². The summed E-state index contributed by atoms with van der Waals surface area (Å²) in [5.74, 6) is -0.218. The number of aryl methyl sites for hydroxylation is 3. The molecule has 0 bridgehead atoms. The summed E-state index contributed by atoms with van der Waals surface area (Å²) in [5, 5.41) is 15.0. The van der Waals surface area contributed by atoms with Gasteiger partial charge in [-0.3, -0.25) is 14.4 Å². The molecule has 1 saturated heterocycles. The Morgan fingerprint density at radius 1 is 1.04 bits per heavy atom. The number of anilines is 1. The van der Waals surface area contributed by atoms with Crippen LogP contribution in [-0.4, -0.2) is 73.0 Å². The highest BCUT2D eigenvalue weighted by Gasteiger charge is 2.22. The molecule has 3 N–H and O–H groups in total. The van der Waals surface area contributed by atoms with E-state index in [-0.39, 0.29) is 11.5 Å². The molecule has 0 unspecified atom stereocenters. The van der Waals surface area contributed by atoms with Gasteiger partial charge in [0.25, 0.3) is 5.91 Å². The van der Waals surface area contributed by atoms with E-state index in [1.54, 1.807) is 25.1 Å². The highest BCUT2D eigenvalue weighted by Crippen LogP contribution is 2.34. The van der Waals surface area contributed by atoms with E-state index < -0.39 is 24.2 Å². The maximum atomic E-state index is 14.6. The third kappa shape index (κ3) is 11.0. The lowest BCUT2D eigenvalue weighted by Gasteiger charge is -2.22. The zero-order chi connectivity index (χ0) is 34.7. The molecule has 1 aromatic heterocycles. The summed E-state index contributed by atoms with van der Waals surface area (Å²) in [6.45, 7) is 14.5. The van der Waals surface area contributed by atoms with Crippen molar-refractivity contribution in [2.24, 2.45) is 5.92 Å². The standard InChI is InChI=1S/C19H19ClFNO3.C17H28N4O/c1-10-5-14(20)6-11(2)18(10)13-4-12(3)19(21)15(7-13)16(22-9-23)8-17(24)25;1-14(2)8-9-18-17(22)15-6-4-7-16(19-15)21-11-5-10-20(3)12-13-21/h4-7,9,16H,8H2,1-3H3,(H,22,23)(H,24,25);4,6-7,14H,5,8-13H2,1-3H3,(H,18,22)/t16-;/m0./s1. The van der Waals surface area contributed by atoms with Crippen molar-refractivity contribution in [3.8, 4) is 11.1 Å². The summed E-state index contributed by atoms with van der Waals surface area (Å²) in [6, 6.07) is 11.7. The Labute approximate surface area is 282 Å². The minimum absolute atomic E-state index is 0.0746. The maximum Gasteiger partial charge on any atom is 0.305 e. The quantitative estimate of drug-likeness (QED) is 0.205. The maximum absolute atomic E-state index is 14.6. The minimum atomic E-state index is -1.12. The lowest BCUT2D eigenvalue weighted by molar-refractivity contribution is -0.137. The monoisotopic (exact) mass is 667 g/mol. The van der Waals surface area contributed by atoms with Gasteiger partial charge in [0.1, 0.15) is 17.3 Å². The molecule has 1 fully saturated rings. The van der Waals surface area contributed by atoms with Crippen LogP contribution in [0.25, 0.3) is 11.1 Å². The zero-order valence-electron chi connectivity index (χ0n) is 28.2. The fourth-order valence-corrected chi connectivity index (χ4v) is 5.97. The molecule has 3 aromatic rings. The molecule has 2 heterocycles. The second-order valence-electron chi connectivity index (χ2n) is 12.5. The van der Waals surface area contributed by atoms with Crippen LogP contribution in [0.3, 0.4) is 0 Å². The number of nitrogens with one attached hydrogen (secondary N) is 2. The summed E-state index contributed by atoms with van der Waals surface area (Å²) in [6.07, 6.45) is 2.10. The molecule has 47 heavy (non-hydrogen) atoms. The number of carbonyl (C=O) groups excluding carboxylic acids is 2. The third-order valence-electron chi connectivity index (χ3n) is 8.11. The molecule has 1 aliphatic rings. The van der Waals surface area contributed by atoms with Crippen LogP contribution in [0.5, 0.6) is 0 Å². The molecule has 1 atom stereocenters. The van der Waals surface area contributed by atoms with Gasteiger partial charge in [-0.15, -0.1) is 0 Å². The van der Waals surface area contributed by atoms with E-state index in [4.69, 9.17) is 16.7 Å². The first-order valence-electron chi connectivity index (χ1n) is 16.0. The molecule has 0 saturated carbocycles. The smallest absolute Gasteiger partial charge is 0.305 e. The van der Waals surface area contributed by atoms with Crippen molar-refractivity contribution < 1.29 is 23.9 Å². The van der Waals surface area contributed by atoms with E-state index in [0.29, 0.717) is 35.2 Å². The highest BCUT2D eigenvalue weighted by atomic mass is 35.5. The number of carboxylic acids is 1. The van der Waals surface area contributed by atoms with Crippen LogP contribution in [0.4, 0.5) is 10.2 Å². The number of aromatic nitrogens is 1. The summed E-state index contributed by atoms with van der Waals surface area (Å²) in [4.78, 5) is 43.2. The fourth-order valence-electron chi connectivity index (χ4n) is 5.64. The SMILES string of the molecule is CC(C)CCNC(=O)c1cccc(N2CCCN(C)CC2)n1.Cc1cc(-c2c(C)cc(Cl)cc2C)cc([C@H](CC(=O)O)NC=O)c1F.